The van der Waals surface area contributed by atoms with Crippen LogP contribution in [0.2, 0.25) is 5.02 Å². The van der Waals surface area contributed by atoms with Crippen LogP contribution in [0.15, 0.2) is 18.7 Å². The summed E-state index contributed by atoms with van der Waals surface area (Å²) in [5, 5.41) is 4.22. The predicted molar refractivity (Wildman–Crippen MR) is 70.3 cm³/mol. The molecule has 3 heteroatoms. The van der Waals surface area contributed by atoms with E-state index in [9.17, 15) is 0 Å². The number of benzene rings is 1. The molecule has 2 atom stereocenters. The first kappa shape index (κ1) is 11.3. The molecular weight excluding hydrogens is 234 g/mol. The van der Waals surface area contributed by atoms with Crippen LogP contribution in [0.25, 0.3) is 6.08 Å². The highest BCUT2D eigenvalue weighted by Crippen LogP contribution is 2.44. The Labute approximate surface area is 107 Å². The summed E-state index contributed by atoms with van der Waals surface area (Å²) in [7, 11) is 0. The Morgan fingerprint density at radius 1 is 1.59 bits per heavy atom. The van der Waals surface area contributed by atoms with Crippen LogP contribution in [-0.4, -0.2) is 18.7 Å². The van der Waals surface area contributed by atoms with E-state index in [0.717, 1.165) is 23.7 Å². The van der Waals surface area contributed by atoms with E-state index in [2.05, 4.69) is 24.9 Å². The summed E-state index contributed by atoms with van der Waals surface area (Å²) in [6.45, 7) is 8.53. The third kappa shape index (κ3) is 1.55. The summed E-state index contributed by atoms with van der Waals surface area (Å²) in [4.78, 5) is 0. The van der Waals surface area contributed by atoms with E-state index in [4.69, 9.17) is 16.3 Å². The molecule has 1 aromatic rings. The average molecular weight is 250 g/mol. The lowest BCUT2D eigenvalue weighted by Gasteiger charge is -2.38. The Kier molecular flexibility index (Phi) is 2.54. The molecule has 2 nitrogen and oxygen atoms in total. The second-order valence-corrected chi connectivity index (χ2v) is 5.42. The molecule has 0 saturated carbocycles. The molecule has 0 aliphatic carbocycles. The van der Waals surface area contributed by atoms with Crippen LogP contribution in [0.4, 0.5) is 0 Å². The highest BCUT2D eigenvalue weighted by Gasteiger charge is 2.45. The van der Waals surface area contributed by atoms with Crippen LogP contribution in [0, 0.1) is 0 Å². The molecule has 1 N–H and O–H groups in total. The fraction of sp³-hybridized carbons (Fsp3) is 0.429. The van der Waals surface area contributed by atoms with Crippen molar-refractivity contribution in [1.82, 2.24) is 5.32 Å². The first-order valence-electron chi connectivity index (χ1n) is 5.94. The standard InChI is InChI=1S/C14H16ClNO/c1-3-9-4-5-12(15)10-7-17-14(2)8-16-6-11(14)13(9)10/h3-5,11,16H,1,6-8H2,2H3/t11-,14-/m1/s1. The normalized spacial score (nSPS) is 30.8. The molecule has 0 radical (unpaired) electrons. The van der Waals surface area contributed by atoms with Gasteiger partial charge in [-0.15, -0.1) is 0 Å². The number of hydrogen-bond donors (Lipinski definition) is 1. The summed E-state index contributed by atoms with van der Waals surface area (Å²) < 4.78 is 6.01. The number of halogens is 1. The van der Waals surface area contributed by atoms with Crippen LogP contribution in [0.5, 0.6) is 0 Å². The number of nitrogens with one attached hydrogen (secondary N) is 1. The highest BCUT2D eigenvalue weighted by molar-refractivity contribution is 6.31. The Morgan fingerprint density at radius 2 is 2.41 bits per heavy atom. The maximum absolute atomic E-state index is 6.27. The molecule has 0 bridgehead atoms. The molecule has 0 amide bonds. The van der Waals surface area contributed by atoms with Crippen LogP contribution in [0.3, 0.4) is 0 Å². The summed E-state index contributed by atoms with van der Waals surface area (Å²) in [5.41, 5.74) is 3.55. The Morgan fingerprint density at radius 3 is 3.18 bits per heavy atom. The SMILES string of the molecule is C=Cc1ccc(Cl)c2c1[C@H]1CNC[C@@]1(C)OC2. The largest absolute Gasteiger partial charge is 0.369 e. The molecule has 0 aromatic heterocycles. The molecule has 3 rings (SSSR count). The van der Waals surface area contributed by atoms with Gasteiger partial charge in [-0.2, -0.15) is 0 Å². The molecule has 2 aliphatic heterocycles. The zero-order valence-electron chi connectivity index (χ0n) is 9.92. The van der Waals surface area contributed by atoms with Gasteiger partial charge in [0.2, 0.25) is 0 Å². The number of rotatable bonds is 1. The minimum Gasteiger partial charge on any atom is -0.369 e. The second-order valence-electron chi connectivity index (χ2n) is 5.02. The minimum atomic E-state index is -0.102. The maximum Gasteiger partial charge on any atom is 0.0863 e. The van der Waals surface area contributed by atoms with E-state index in [1.165, 1.54) is 11.1 Å². The van der Waals surface area contributed by atoms with E-state index >= 15 is 0 Å². The number of hydrogen-bond acceptors (Lipinski definition) is 2. The molecular formula is C14H16ClNO. The monoisotopic (exact) mass is 249 g/mol. The topological polar surface area (TPSA) is 21.3 Å². The van der Waals surface area contributed by atoms with Gasteiger partial charge in [0.1, 0.15) is 0 Å². The molecule has 17 heavy (non-hydrogen) atoms. The van der Waals surface area contributed by atoms with Crippen molar-refractivity contribution in [2.45, 2.75) is 25.0 Å². The first-order chi connectivity index (χ1) is 8.15. The van der Waals surface area contributed by atoms with Crippen LogP contribution in [0.1, 0.15) is 29.5 Å². The Balaban J connectivity index is 2.21. The molecule has 1 aromatic carbocycles. The van der Waals surface area contributed by atoms with Crippen LogP contribution in [-0.2, 0) is 11.3 Å². The highest BCUT2D eigenvalue weighted by atomic mass is 35.5. The number of fused-ring (bicyclic) bond motifs is 3. The molecule has 90 valence electrons. The van der Waals surface area contributed by atoms with Gasteiger partial charge in [0.05, 0.1) is 12.2 Å². The summed E-state index contributed by atoms with van der Waals surface area (Å²) in [6, 6.07) is 3.99. The van der Waals surface area contributed by atoms with E-state index in [-0.39, 0.29) is 5.60 Å². The van der Waals surface area contributed by atoms with Crippen molar-refractivity contribution >= 4 is 17.7 Å². The quantitative estimate of drug-likeness (QED) is 0.826. The van der Waals surface area contributed by atoms with Gasteiger partial charge in [0.15, 0.2) is 0 Å². The Hall–Kier alpha value is -0.830. The van der Waals surface area contributed by atoms with Crippen molar-refractivity contribution in [3.63, 3.8) is 0 Å². The molecule has 1 fully saturated rings. The lowest BCUT2D eigenvalue weighted by Crippen LogP contribution is -2.40. The van der Waals surface area contributed by atoms with Gasteiger partial charge in [-0.05, 0) is 24.1 Å². The summed E-state index contributed by atoms with van der Waals surface area (Å²) >= 11 is 6.27. The van der Waals surface area contributed by atoms with Crippen LogP contribution >= 0.6 is 11.6 Å². The lowest BCUT2D eigenvalue weighted by molar-refractivity contribution is -0.0517. The molecule has 0 spiro atoms. The molecule has 1 saturated heterocycles. The van der Waals surface area contributed by atoms with Crippen molar-refractivity contribution in [3.05, 3.63) is 40.4 Å². The van der Waals surface area contributed by atoms with E-state index in [1.807, 2.05) is 12.1 Å². The third-order valence-corrected chi connectivity index (χ3v) is 4.36. The average Bonchev–Trinajstić information content (AvgIpc) is 2.71. The van der Waals surface area contributed by atoms with E-state index < -0.39 is 0 Å². The van der Waals surface area contributed by atoms with Gasteiger partial charge >= 0.3 is 0 Å². The van der Waals surface area contributed by atoms with Crippen molar-refractivity contribution in [2.24, 2.45) is 0 Å². The van der Waals surface area contributed by atoms with Gasteiger partial charge in [-0.1, -0.05) is 30.3 Å². The lowest BCUT2D eigenvalue weighted by atomic mass is 9.79. The summed E-state index contributed by atoms with van der Waals surface area (Å²) in [6.07, 6.45) is 1.92. The molecule has 2 aliphatic rings. The van der Waals surface area contributed by atoms with Crippen molar-refractivity contribution in [1.29, 1.82) is 0 Å². The van der Waals surface area contributed by atoms with Crippen LogP contribution < -0.4 is 5.32 Å². The molecule has 2 heterocycles. The first-order valence-corrected chi connectivity index (χ1v) is 6.32. The van der Waals surface area contributed by atoms with E-state index in [1.54, 1.807) is 0 Å². The zero-order chi connectivity index (χ0) is 12.0. The van der Waals surface area contributed by atoms with Crippen molar-refractivity contribution < 1.29 is 4.74 Å². The van der Waals surface area contributed by atoms with E-state index in [0.29, 0.717) is 12.5 Å². The predicted octanol–water partition coefficient (Wildman–Crippen LogP) is 2.96. The fourth-order valence-corrected chi connectivity index (χ4v) is 3.21. The van der Waals surface area contributed by atoms with Gasteiger partial charge in [-0.3, -0.25) is 0 Å². The third-order valence-electron chi connectivity index (χ3n) is 4.01. The van der Waals surface area contributed by atoms with Gasteiger partial charge < -0.3 is 10.1 Å². The fourth-order valence-electron chi connectivity index (χ4n) is 2.99. The van der Waals surface area contributed by atoms with Gasteiger partial charge in [0, 0.05) is 29.6 Å². The zero-order valence-corrected chi connectivity index (χ0v) is 10.7. The van der Waals surface area contributed by atoms with Gasteiger partial charge in [-0.25, -0.2) is 0 Å². The summed E-state index contributed by atoms with van der Waals surface area (Å²) in [5.74, 6) is 0.373. The van der Waals surface area contributed by atoms with Gasteiger partial charge in [0.25, 0.3) is 0 Å². The number of ether oxygens (including phenoxy) is 1. The minimum absolute atomic E-state index is 0.102. The Bertz CT molecular complexity index is 485. The smallest absolute Gasteiger partial charge is 0.0863 e. The second kappa shape index (κ2) is 3.84. The van der Waals surface area contributed by atoms with Crippen molar-refractivity contribution in [2.75, 3.05) is 13.1 Å². The molecule has 0 unspecified atom stereocenters. The van der Waals surface area contributed by atoms with Crippen molar-refractivity contribution in [3.8, 4) is 0 Å². The maximum atomic E-state index is 6.27.